The van der Waals surface area contributed by atoms with E-state index in [-0.39, 0.29) is 23.4 Å². The first-order chi connectivity index (χ1) is 15.6. The Bertz CT molecular complexity index is 1060. The zero-order chi connectivity index (χ0) is 22.5. The Labute approximate surface area is 186 Å². The van der Waals surface area contributed by atoms with Crippen molar-refractivity contribution in [2.24, 2.45) is 0 Å². The first-order valence-corrected chi connectivity index (χ1v) is 10.6. The lowest BCUT2D eigenvalue weighted by atomic mass is 10.0. The van der Waals surface area contributed by atoms with Gasteiger partial charge in [0.05, 0.1) is 19.1 Å². The highest BCUT2D eigenvalue weighted by atomic mass is 19.1. The van der Waals surface area contributed by atoms with E-state index in [9.17, 15) is 14.0 Å². The summed E-state index contributed by atoms with van der Waals surface area (Å²) in [5.74, 6) is -0.966. The van der Waals surface area contributed by atoms with Gasteiger partial charge in [-0.1, -0.05) is 37.1 Å². The summed E-state index contributed by atoms with van der Waals surface area (Å²) in [7, 11) is 1.55. The average molecular weight is 436 g/mol. The molecule has 2 amide bonds. The van der Waals surface area contributed by atoms with E-state index >= 15 is 0 Å². The number of benzene rings is 2. The molecule has 1 unspecified atom stereocenters. The van der Waals surface area contributed by atoms with E-state index < -0.39 is 17.8 Å². The number of furan rings is 1. The van der Waals surface area contributed by atoms with Crippen molar-refractivity contribution in [2.75, 3.05) is 12.0 Å². The molecule has 1 aliphatic carbocycles. The summed E-state index contributed by atoms with van der Waals surface area (Å²) in [6.45, 7) is 0. The maximum Gasteiger partial charge on any atom is 0.295 e. The normalized spacial score (nSPS) is 14.7. The van der Waals surface area contributed by atoms with Gasteiger partial charge in [0.25, 0.3) is 5.91 Å². The van der Waals surface area contributed by atoms with Crippen molar-refractivity contribution in [3.05, 3.63) is 84.1 Å². The number of anilines is 1. The lowest BCUT2D eigenvalue weighted by Crippen LogP contribution is -2.46. The summed E-state index contributed by atoms with van der Waals surface area (Å²) in [5.41, 5.74) is 0.528. The van der Waals surface area contributed by atoms with Gasteiger partial charge in [-0.2, -0.15) is 0 Å². The molecule has 1 heterocycles. The van der Waals surface area contributed by atoms with Crippen LogP contribution in [0.2, 0.25) is 0 Å². The third-order valence-electron chi connectivity index (χ3n) is 5.70. The highest BCUT2D eigenvalue weighted by Crippen LogP contribution is 2.33. The SMILES string of the molecule is COc1ccc(C(C(=O)NC2CCCC2)N(C(=O)c2ccco2)c2ccccc2F)cc1. The van der Waals surface area contributed by atoms with Crippen molar-refractivity contribution in [1.82, 2.24) is 5.32 Å². The zero-order valence-corrected chi connectivity index (χ0v) is 17.8. The van der Waals surface area contributed by atoms with Crippen LogP contribution in [0.25, 0.3) is 0 Å². The molecule has 1 aromatic heterocycles. The smallest absolute Gasteiger partial charge is 0.295 e. The molecule has 6 nitrogen and oxygen atoms in total. The number of nitrogens with zero attached hydrogens (tertiary/aromatic N) is 1. The fourth-order valence-corrected chi connectivity index (χ4v) is 4.09. The fourth-order valence-electron chi connectivity index (χ4n) is 4.09. The number of rotatable bonds is 7. The molecule has 7 heteroatoms. The maximum atomic E-state index is 14.9. The van der Waals surface area contributed by atoms with Crippen LogP contribution in [0, 0.1) is 5.82 Å². The maximum absolute atomic E-state index is 14.9. The molecule has 4 rings (SSSR count). The minimum atomic E-state index is -1.10. The molecule has 0 aliphatic heterocycles. The molecular weight excluding hydrogens is 411 g/mol. The van der Waals surface area contributed by atoms with E-state index in [0.29, 0.717) is 11.3 Å². The fraction of sp³-hybridized carbons (Fsp3) is 0.280. The molecule has 3 aromatic rings. The van der Waals surface area contributed by atoms with Crippen LogP contribution in [0.1, 0.15) is 47.8 Å². The summed E-state index contributed by atoms with van der Waals surface area (Å²) in [4.78, 5) is 28.2. The molecule has 2 aromatic carbocycles. The number of carbonyl (C=O) groups excluding carboxylic acids is 2. The van der Waals surface area contributed by atoms with Gasteiger partial charge in [-0.15, -0.1) is 0 Å². The number of methoxy groups -OCH3 is 1. The Kier molecular flexibility index (Phi) is 6.54. The Hall–Kier alpha value is -3.61. The van der Waals surface area contributed by atoms with E-state index in [0.717, 1.165) is 25.7 Å². The van der Waals surface area contributed by atoms with Crippen LogP contribution in [0.15, 0.2) is 71.3 Å². The Balaban J connectivity index is 1.81. The summed E-state index contributed by atoms with van der Waals surface area (Å²) >= 11 is 0. The van der Waals surface area contributed by atoms with Crippen LogP contribution in [-0.4, -0.2) is 25.0 Å². The lowest BCUT2D eigenvalue weighted by molar-refractivity contribution is -0.123. The number of amides is 2. The topological polar surface area (TPSA) is 71.8 Å². The Morgan fingerprint density at radius 1 is 1.06 bits per heavy atom. The van der Waals surface area contributed by atoms with Crippen LogP contribution >= 0.6 is 0 Å². The molecule has 1 fully saturated rings. The van der Waals surface area contributed by atoms with Crippen molar-refractivity contribution in [3.8, 4) is 5.75 Å². The monoisotopic (exact) mass is 436 g/mol. The molecular formula is C25H25FN2O4. The molecule has 1 aliphatic rings. The number of hydrogen-bond acceptors (Lipinski definition) is 4. The van der Waals surface area contributed by atoms with Gasteiger partial charge in [0, 0.05) is 6.04 Å². The van der Waals surface area contributed by atoms with E-state index in [4.69, 9.17) is 9.15 Å². The first kappa shape index (κ1) is 21.6. The van der Waals surface area contributed by atoms with Crippen molar-refractivity contribution in [1.29, 1.82) is 0 Å². The van der Waals surface area contributed by atoms with Crippen molar-refractivity contribution in [2.45, 2.75) is 37.8 Å². The van der Waals surface area contributed by atoms with Gasteiger partial charge in [-0.3, -0.25) is 14.5 Å². The summed E-state index contributed by atoms with van der Waals surface area (Å²) in [6.07, 6.45) is 5.22. The van der Waals surface area contributed by atoms with E-state index in [2.05, 4.69) is 5.32 Å². The van der Waals surface area contributed by atoms with E-state index in [1.54, 1.807) is 43.5 Å². The summed E-state index contributed by atoms with van der Waals surface area (Å²) in [6, 6.07) is 14.7. The van der Waals surface area contributed by atoms with E-state index in [1.807, 2.05) is 0 Å². The Morgan fingerprint density at radius 2 is 1.78 bits per heavy atom. The Morgan fingerprint density at radius 3 is 2.41 bits per heavy atom. The van der Waals surface area contributed by atoms with Crippen LogP contribution in [0.5, 0.6) is 5.75 Å². The van der Waals surface area contributed by atoms with Crippen molar-refractivity contribution < 1.29 is 23.1 Å². The number of carbonyl (C=O) groups is 2. The molecule has 0 spiro atoms. The summed E-state index contributed by atoms with van der Waals surface area (Å²) in [5, 5.41) is 3.06. The number of halogens is 1. The van der Waals surface area contributed by atoms with Crippen LogP contribution in [-0.2, 0) is 4.79 Å². The van der Waals surface area contributed by atoms with Gasteiger partial charge in [0.2, 0.25) is 5.91 Å². The van der Waals surface area contributed by atoms with Gasteiger partial charge in [0.15, 0.2) is 5.76 Å². The van der Waals surface area contributed by atoms with Gasteiger partial charge in [0.1, 0.15) is 17.6 Å². The van der Waals surface area contributed by atoms with Crippen molar-refractivity contribution in [3.63, 3.8) is 0 Å². The highest BCUT2D eigenvalue weighted by Gasteiger charge is 2.37. The number of para-hydroxylation sites is 1. The van der Waals surface area contributed by atoms with Gasteiger partial charge >= 0.3 is 0 Å². The molecule has 0 bridgehead atoms. The van der Waals surface area contributed by atoms with Crippen LogP contribution in [0.4, 0.5) is 10.1 Å². The molecule has 0 radical (unpaired) electrons. The quantitative estimate of drug-likeness (QED) is 0.573. The number of nitrogens with one attached hydrogen (secondary N) is 1. The highest BCUT2D eigenvalue weighted by molar-refractivity contribution is 6.08. The molecule has 166 valence electrons. The van der Waals surface area contributed by atoms with Crippen LogP contribution < -0.4 is 15.0 Å². The van der Waals surface area contributed by atoms with Gasteiger partial charge in [-0.25, -0.2) is 4.39 Å². The predicted octanol–water partition coefficient (Wildman–Crippen LogP) is 4.87. The second-order valence-electron chi connectivity index (χ2n) is 7.77. The third-order valence-corrected chi connectivity index (χ3v) is 5.70. The minimum absolute atomic E-state index is 0.00344. The largest absolute Gasteiger partial charge is 0.497 e. The summed E-state index contributed by atoms with van der Waals surface area (Å²) < 4.78 is 25.5. The zero-order valence-electron chi connectivity index (χ0n) is 17.8. The van der Waals surface area contributed by atoms with E-state index in [1.165, 1.54) is 35.4 Å². The lowest BCUT2D eigenvalue weighted by Gasteiger charge is -2.32. The van der Waals surface area contributed by atoms with Crippen molar-refractivity contribution >= 4 is 17.5 Å². The predicted molar refractivity (Wildman–Crippen MR) is 118 cm³/mol. The second-order valence-corrected chi connectivity index (χ2v) is 7.77. The molecule has 32 heavy (non-hydrogen) atoms. The second kappa shape index (κ2) is 9.68. The standard InChI is InChI=1S/C25H25FN2O4/c1-31-19-14-12-17(13-15-19)23(24(29)27-18-7-2-3-8-18)28(21-10-5-4-9-20(21)26)25(30)22-11-6-16-32-22/h4-6,9-16,18,23H,2-3,7-8H2,1H3,(H,27,29). The minimum Gasteiger partial charge on any atom is -0.497 e. The van der Waals surface area contributed by atoms with Gasteiger partial charge < -0.3 is 14.5 Å². The third kappa shape index (κ3) is 4.51. The first-order valence-electron chi connectivity index (χ1n) is 10.6. The number of ether oxygens (including phenoxy) is 1. The molecule has 1 N–H and O–H groups in total. The molecule has 1 atom stereocenters. The molecule has 0 saturated heterocycles. The number of hydrogen-bond donors (Lipinski definition) is 1. The van der Waals surface area contributed by atoms with Gasteiger partial charge in [-0.05, 0) is 54.8 Å². The average Bonchev–Trinajstić information content (AvgIpc) is 3.52. The molecule has 1 saturated carbocycles. The van der Waals surface area contributed by atoms with Crippen LogP contribution in [0.3, 0.4) is 0 Å².